The monoisotopic (exact) mass is 189 g/mol. The second-order valence-corrected chi connectivity index (χ2v) is 4.01. The molecule has 0 aliphatic heterocycles. The van der Waals surface area contributed by atoms with Gasteiger partial charge in [0.15, 0.2) is 0 Å². The van der Waals surface area contributed by atoms with Crippen LogP contribution in [0.25, 0.3) is 10.2 Å². The van der Waals surface area contributed by atoms with Crippen LogP contribution >= 0.6 is 11.3 Å². The highest BCUT2D eigenvalue weighted by Gasteiger charge is 2.07. The van der Waals surface area contributed by atoms with Crippen molar-refractivity contribution in [1.82, 2.24) is 4.98 Å². The fourth-order valence-corrected chi connectivity index (χ4v) is 2.08. The third kappa shape index (κ3) is 1.14. The van der Waals surface area contributed by atoms with Gasteiger partial charge >= 0.3 is 0 Å². The van der Waals surface area contributed by atoms with Crippen molar-refractivity contribution in [3.8, 4) is 6.07 Å². The largest absolute Gasteiger partial charge is 0.397 e. The van der Waals surface area contributed by atoms with Gasteiger partial charge in [-0.2, -0.15) is 5.26 Å². The number of nitriles is 1. The smallest absolute Gasteiger partial charge is 0.125 e. The summed E-state index contributed by atoms with van der Waals surface area (Å²) in [4.78, 5) is 6.20. The van der Waals surface area contributed by atoms with Crippen LogP contribution in [0.3, 0.4) is 0 Å². The molecular weight excluding hydrogens is 182 g/mol. The highest BCUT2D eigenvalue weighted by molar-refractivity contribution is 7.18. The standard InChI is InChI=1S/C9H7N3S/c1-5-2-7-8(11)6(3-10)4-12-9(7)13-5/h2,4H,1H3,(H2,11,12). The maximum atomic E-state index is 8.72. The molecule has 0 amide bonds. The van der Waals surface area contributed by atoms with Gasteiger partial charge in [0.05, 0.1) is 11.3 Å². The number of aryl methyl sites for hydroxylation is 1. The zero-order valence-electron chi connectivity index (χ0n) is 7.03. The van der Waals surface area contributed by atoms with E-state index >= 15 is 0 Å². The van der Waals surface area contributed by atoms with E-state index in [1.54, 1.807) is 11.3 Å². The third-order valence-corrected chi connectivity index (χ3v) is 2.81. The number of pyridine rings is 1. The van der Waals surface area contributed by atoms with Crippen molar-refractivity contribution in [3.63, 3.8) is 0 Å². The van der Waals surface area contributed by atoms with Crippen molar-refractivity contribution < 1.29 is 0 Å². The number of hydrogen-bond acceptors (Lipinski definition) is 4. The van der Waals surface area contributed by atoms with Crippen LogP contribution in [0.5, 0.6) is 0 Å². The van der Waals surface area contributed by atoms with Crippen LogP contribution in [0.4, 0.5) is 5.69 Å². The number of anilines is 1. The van der Waals surface area contributed by atoms with Gasteiger partial charge < -0.3 is 5.73 Å². The van der Waals surface area contributed by atoms with E-state index in [1.807, 2.05) is 19.1 Å². The van der Waals surface area contributed by atoms with Crippen molar-refractivity contribution in [3.05, 3.63) is 22.7 Å². The molecule has 0 saturated heterocycles. The molecule has 13 heavy (non-hydrogen) atoms. The molecule has 3 nitrogen and oxygen atoms in total. The van der Waals surface area contributed by atoms with Gasteiger partial charge in [-0.3, -0.25) is 0 Å². The molecule has 2 aromatic heterocycles. The van der Waals surface area contributed by atoms with Gasteiger partial charge in [0.25, 0.3) is 0 Å². The number of thiophene rings is 1. The molecule has 0 spiro atoms. The summed E-state index contributed by atoms with van der Waals surface area (Å²) in [6.07, 6.45) is 1.52. The minimum Gasteiger partial charge on any atom is -0.397 e. The Morgan fingerprint density at radius 3 is 3.08 bits per heavy atom. The van der Waals surface area contributed by atoms with E-state index in [0.717, 1.165) is 15.1 Å². The summed E-state index contributed by atoms with van der Waals surface area (Å²) >= 11 is 1.58. The summed E-state index contributed by atoms with van der Waals surface area (Å²) in [5.41, 5.74) is 6.78. The number of nitrogens with two attached hydrogens (primary N) is 1. The first-order valence-electron chi connectivity index (χ1n) is 3.77. The van der Waals surface area contributed by atoms with Crippen LogP contribution in [-0.2, 0) is 0 Å². The molecule has 0 atom stereocenters. The Hall–Kier alpha value is -1.60. The van der Waals surface area contributed by atoms with E-state index in [9.17, 15) is 0 Å². The van der Waals surface area contributed by atoms with Crippen LogP contribution in [0.2, 0.25) is 0 Å². The molecule has 0 saturated carbocycles. The van der Waals surface area contributed by atoms with Crippen molar-refractivity contribution in [2.24, 2.45) is 0 Å². The van der Waals surface area contributed by atoms with Crippen LogP contribution in [0.15, 0.2) is 12.3 Å². The highest BCUT2D eigenvalue weighted by Crippen LogP contribution is 2.29. The summed E-state index contributed by atoms with van der Waals surface area (Å²) in [6.45, 7) is 2.00. The van der Waals surface area contributed by atoms with Crippen molar-refractivity contribution >= 4 is 27.2 Å². The zero-order chi connectivity index (χ0) is 9.42. The molecule has 4 heteroatoms. The number of aromatic nitrogens is 1. The zero-order valence-corrected chi connectivity index (χ0v) is 7.85. The molecule has 2 N–H and O–H groups in total. The predicted octanol–water partition coefficient (Wildman–Crippen LogP) is 2.06. The summed E-state index contributed by atoms with van der Waals surface area (Å²) in [7, 11) is 0. The Balaban J connectivity index is 2.87. The summed E-state index contributed by atoms with van der Waals surface area (Å²) in [6, 6.07) is 3.98. The topological polar surface area (TPSA) is 62.7 Å². The maximum absolute atomic E-state index is 8.72. The van der Waals surface area contributed by atoms with Crippen LogP contribution < -0.4 is 5.73 Å². The van der Waals surface area contributed by atoms with Crippen LogP contribution in [0.1, 0.15) is 10.4 Å². The van der Waals surface area contributed by atoms with Gasteiger partial charge in [0, 0.05) is 16.5 Å². The third-order valence-electron chi connectivity index (χ3n) is 1.85. The van der Waals surface area contributed by atoms with Crippen LogP contribution in [-0.4, -0.2) is 4.98 Å². The molecule has 0 bridgehead atoms. The SMILES string of the molecule is Cc1cc2c(N)c(C#N)cnc2s1. The minimum atomic E-state index is 0.449. The second kappa shape index (κ2) is 2.71. The van der Waals surface area contributed by atoms with Crippen molar-refractivity contribution in [1.29, 1.82) is 5.26 Å². The minimum absolute atomic E-state index is 0.449. The van der Waals surface area contributed by atoms with Gasteiger partial charge in [0.1, 0.15) is 10.9 Å². The van der Waals surface area contributed by atoms with Crippen molar-refractivity contribution in [2.45, 2.75) is 6.92 Å². The van der Waals surface area contributed by atoms with Gasteiger partial charge in [-0.25, -0.2) is 4.98 Å². The molecule has 0 aliphatic carbocycles. The fraction of sp³-hybridized carbons (Fsp3) is 0.111. The summed E-state index contributed by atoms with van der Waals surface area (Å²) < 4.78 is 0. The molecule has 0 aliphatic rings. The molecule has 64 valence electrons. The molecule has 0 unspecified atom stereocenters. The second-order valence-electron chi connectivity index (χ2n) is 2.77. The number of rotatable bonds is 0. The quantitative estimate of drug-likeness (QED) is 0.690. The van der Waals surface area contributed by atoms with E-state index in [-0.39, 0.29) is 0 Å². The van der Waals surface area contributed by atoms with E-state index < -0.39 is 0 Å². The Bertz CT molecular complexity index is 507. The van der Waals surface area contributed by atoms with E-state index in [1.165, 1.54) is 6.20 Å². The lowest BCUT2D eigenvalue weighted by molar-refractivity contribution is 1.39. The molecule has 2 heterocycles. The average molecular weight is 189 g/mol. The Kier molecular flexibility index (Phi) is 1.67. The van der Waals surface area contributed by atoms with Gasteiger partial charge in [-0.05, 0) is 13.0 Å². The maximum Gasteiger partial charge on any atom is 0.125 e. The average Bonchev–Trinajstić information content (AvgIpc) is 2.47. The normalized spacial score (nSPS) is 10.2. The molecule has 0 radical (unpaired) electrons. The van der Waals surface area contributed by atoms with Crippen molar-refractivity contribution in [2.75, 3.05) is 5.73 Å². The lowest BCUT2D eigenvalue weighted by Crippen LogP contribution is -1.91. The first-order valence-corrected chi connectivity index (χ1v) is 4.58. The van der Waals surface area contributed by atoms with E-state index in [4.69, 9.17) is 11.0 Å². The number of nitrogens with zero attached hydrogens (tertiary/aromatic N) is 2. The lowest BCUT2D eigenvalue weighted by Gasteiger charge is -1.96. The van der Waals surface area contributed by atoms with E-state index in [0.29, 0.717) is 11.3 Å². The molecular formula is C9H7N3S. The first-order chi connectivity index (χ1) is 6.22. The molecule has 0 aromatic carbocycles. The Morgan fingerprint density at radius 1 is 1.62 bits per heavy atom. The first kappa shape index (κ1) is 8.02. The van der Waals surface area contributed by atoms with E-state index in [2.05, 4.69) is 4.98 Å². The Labute approximate surface area is 79.4 Å². The molecule has 0 fully saturated rings. The Morgan fingerprint density at radius 2 is 2.38 bits per heavy atom. The molecule has 2 rings (SSSR count). The molecule has 2 aromatic rings. The van der Waals surface area contributed by atoms with Gasteiger partial charge in [-0.15, -0.1) is 11.3 Å². The summed E-state index contributed by atoms with van der Waals surface area (Å²) in [5.74, 6) is 0. The number of hydrogen-bond donors (Lipinski definition) is 1. The summed E-state index contributed by atoms with van der Waals surface area (Å²) in [5, 5.41) is 9.61. The predicted molar refractivity (Wildman–Crippen MR) is 53.5 cm³/mol. The number of fused-ring (bicyclic) bond motifs is 1. The van der Waals surface area contributed by atoms with Crippen LogP contribution in [0, 0.1) is 18.3 Å². The van der Waals surface area contributed by atoms with Gasteiger partial charge in [-0.1, -0.05) is 0 Å². The fourth-order valence-electron chi connectivity index (χ4n) is 1.22. The lowest BCUT2D eigenvalue weighted by atomic mass is 10.2. The number of nitrogen functional groups attached to an aromatic ring is 1. The highest BCUT2D eigenvalue weighted by atomic mass is 32.1. The van der Waals surface area contributed by atoms with Gasteiger partial charge in [0.2, 0.25) is 0 Å².